The maximum Gasteiger partial charge on any atom is 0.227 e. The van der Waals surface area contributed by atoms with Gasteiger partial charge in [-0.15, -0.1) is 0 Å². The number of likely N-dealkylation sites (tertiary alicyclic amines) is 1. The van der Waals surface area contributed by atoms with Crippen LogP contribution in [0.5, 0.6) is 0 Å². The van der Waals surface area contributed by atoms with Crippen LogP contribution in [0.25, 0.3) is 0 Å². The molecule has 1 aliphatic rings. The molecule has 1 aromatic rings. The van der Waals surface area contributed by atoms with Gasteiger partial charge in [-0.05, 0) is 25.0 Å². The summed E-state index contributed by atoms with van der Waals surface area (Å²) in [6.45, 7) is 6.91. The van der Waals surface area contributed by atoms with Crippen LogP contribution in [0.15, 0.2) is 12.1 Å². The lowest BCUT2D eigenvalue weighted by Gasteiger charge is -2.35. The number of nitrogens with two attached hydrogens (primary N) is 1. The standard InChI is InChI=1S/C17H23Cl2N3O2/c1-17(2,3)16(24)22-6-4-10(5-7-22)15(23)21-11-8-12(18)14(20)13(19)9-11/h8-10H,4-7,20H2,1-3H3,(H,21,23). The SMILES string of the molecule is CC(C)(C)C(=O)N1CCC(C(=O)Nc2cc(Cl)c(N)c(Cl)c2)CC1. The van der Waals surface area contributed by atoms with Gasteiger partial charge in [0.25, 0.3) is 0 Å². The van der Waals surface area contributed by atoms with Gasteiger partial charge in [-0.25, -0.2) is 0 Å². The number of hydrogen-bond donors (Lipinski definition) is 2. The third kappa shape index (κ3) is 4.33. The van der Waals surface area contributed by atoms with Crippen molar-refractivity contribution in [3.8, 4) is 0 Å². The zero-order valence-electron chi connectivity index (χ0n) is 14.2. The van der Waals surface area contributed by atoms with Crippen molar-refractivity contribution in [3.63, 3.8) is 0 Å². The van der Waals surface area contributed by atoms with E-state index in [4.69, 9.17) is 28.9 Å². The molecule has 24 heavy (non-hydrogen) atoms. The first-order chi connectivity index (χ1) is 11.1. The zero-order valence-corrected chi connectivity index (χ0v) is 15.7. The third-order valence-electron chi connectivity index (χ3n) is 4.14. The Morgan fingerprint density at radius 3 is 2.12 bits per heavy atom. The minimum Gasteiger partial charge on any atom is -0.396 e. The number of nitrogen functional groups attached to an aromatic ring is 1. The average Bonchev–Trinajstić information content (AvgIpc) is 2.51. The van der Waals surface area contributed by atoms with Gasteiger partial charge < -0.3 is 16.0 Å². The molecule has 2 rings (SSSR count). The van der Waals surface area contributed by atoms with Gasteiger partial charge >= 0.3 is 0 Å². The lowest BCUT2D eigenvalue weighted by molar-refractivity contribution is -0.142. The fourth-order valence-corrected chi connectivity index (χ4v) is 3.21. The summed E-state index contributed by atoms with van der Waals surface area (Å²) in [5.74, 6) is -0.0997. The maximum atomic E-state index is 12.4. The molecule has 7 heteroatoms. The van der Waals surface area contributed by atoms with Crippen molar-refractivity contribution < 1.29 is 9.59 Å². The Morgan fingerprint density at radius 1 is 1.17 bits per heavy atom. The average molecular weight is 372 g/mol. The molecule has 0 aromatic heterocycles. The minimum absolute atomic E-state index is 0.0882. The highest BCUT2D eigenvalue weighted by Crippen LogP contribution is 2.32. The van der Waals surface area contributed by atoms with E-state index in [2.05, 4.69) is 5.32 Å². The van der Waals surface area contributed by atoms with Crippen molar-refractivity contribution in [1.82, 2.24) is 4.90 Å². The first kappa shape index (κ1) is 18.9. The van der Waals surface area contributed by atoms with Crippen molar-refractivity contribution in [3.05, 3.63) is 22.2 Å². The molecule has 0 unspecified atom stereocenters. The molecule has 1 saturated heterocycles. The molecule has 0 saturated carbocycles. The lowest BCUT2D eigenvalue weighted by atomic mass is 9.90. The van der Waals surface area contributed by atoms with Crippen molar-refractivity contribution in [1.29, 1.82) is 0 Å². The summed E-state index contributed by atoms with van der Waals surface area (Å²) < 4.78 is 0. The fourth-order valence-electron chi connectivity index (χ4n) is 2.72. The van der Waals surface area contributed by atoms with Gasteiger partial charge in [0.1, 0.15) is 0 Å². The minimum atomic E-state index is -0.396. The topological polar surface area (TPSA) is 75.4 Å². The number of carbonyl (C=O) groups excluding carboxylic acids is 2. The Balaban J connectivity index is 1.95. The summed E-state index contributed by atoms with van der Waals surface area (Å²) in [6, 6.07) is 3.16. The molecule has 5 nitrogen and oxygen atoms in total. The van der Waals surface area contributed by atoms with Crippen LogP contribution in [0.4, 0.5) is 11.4 Å². The largest absolute Gasteiger partial charge is 0.396 e. The molecular weight excluding hydrogens is 349 g/mol. The van der Waals surface area contributed by atoms with Crippen LogP contribution in [-0.4, -0.2) is 29.8 Å². The summed E-state index contributed by atoms with van der Waals surface area (Å²) in [7, 11) is 0. The molecule has 0 radical (unpaired) electrons. The Kier molecular flexibility index (Phi) is 5.66. The molecule has 0 spiro atoms. The van der Waals surface area contributed by atoms with E-state index >= 15 is 0 Å². The predicted octanol–water partition coefficient (Wildman–Crippen LogP) is 3.80. The van der Waals surface area contributed by atoms with Gasteiger partial charge in [-0.2, -0.15) is 0 Å². The molecule has 0 bridgehead atoms. The number of halogens is 2. The molecule has 0 atom stereocenters. The van der Waals surface area contributed by atoms with Gasteiger partial charge in [0.05, 0.1) is 15.7 Å². The number of rotatable bonds is 2. The third-order valence-corrected chi connectivity index (χ3v) is 4.77. The number of piperidine rings is 1. The summed E-state index contributed by atoms with van der Waals surface area (Å²) >= 11 is 12.0. The van der Waals surface area contributed by atoms with Gasteiger partial charge in [0.2, 0.25) is 11.8 Å². The molecule has 1 heterocycles. The predicted molar refractivity (Wildman–Crippen MR) is 98.3 cm³/mol. The van der Waals surface area contributed by atoms with E-state index in [0.29, 0.717) is 47.4 Å². The van der Waals surface area contributed by atoms with Crippen molar-refractivity contribution in [2.45, 2.75) is 33.6 Å². The van der Waals surface area contributed by atoms with E-state index < -0.39 is 5.41 Å². The van der Waals surface area contributed by atoms with Crippen LogP contribution in [0, 0.1) is 11.3 Å². The van der Waals surface area contributed by atoms with E-state index in [1.807, 2.05) is 25.7 Å². The summed E-state index contributed by atoms with van der Waals surface area (Å²) in [4.78, 5) is 26.5. The normalized spacial score (nSPS) is 16.1. The van der Waals surface area contributed by atoms with Gasteiger partial charge in [-0.3, -0.25) is 9.59 Å². The quantitative estimate of drug-likeness (QED) is 0.776. The highest BCUT2D eigenvalue weighted by atomic mass is 35.5. The van der Waals surface area contributed by atoms with Crippen LogP contribution in [-0.2, 0) is 9.59 Å². The molecule has 3 N–H and O–H groups in total. The Hall–Kier alpha value is -1.46. The number of nitrogens with zero attached hydrogens (tertiary/aromatic N) is 1. The summed E-state index contributed by atoms with van der Waals surface area (Å²) in [6.07, 6.45) is 1.29. The monoisotopic (exact) mass is 371 g/mol. The Labute approximate surface area is 152 Å². The summed E-state index contributed by atoms with van der Waals surface area (Å²) in [5, 5.41) is 3.45. The smallest absolute Gasteiger partial charge is 0.227 e. The lowest BCUT2D eigenvalue weighted by Crippen LogP contribution is -2.45. The zero-order chi connectivity index (χ0) is 18.1. The second-order valence-corrected chi connectivity index (χ2v) is 7.97. The maximum absolute atomic E-state index is 12.4. The number of anilines is 2. The number of amides is 2. The second kappa shape index (κ2) is 7.19. The van der Waals surface area contributed by atoms with Crippen LogP contribution in [0.2, 0.25) is 10.0 Å². The van der Waals surface area contributed by atoms with E-state index in [9.17, 15) is 9.59 Å². The van der Waals surface area contributed by atoms with Gasteiger partial charge in [0, 0.05) is 30.1 Å². The number of hydrogen-bond acceptors (Lipinski definition) is 3. The van der Waals surface area contributed by atoms with Crippen molar-refractivity contribution in [2.24, 2.45) is 11.3 Å². The number of carbonyl (C=O) groups is 2. The van der Waals surface area contributed by atoms with Crippen molar-refractivity contribution in [2.75, 3.05) is 24.1 Å². The molecule has 1 fully saturated rings. The van der Waals surface area contributed by atoms with Crippen LogP contribution in [0.3, 0.4) is 0 Å². The molecule has 132 valence electrons. The number of benzene rings is 1. The molecule has 1 aromatic carbocycles. The van der Waals surface area contributed by atoms with Gasteiger partial charge in [0.15, 0.2) is 0 Å². The van der Waals surface area contributed by atoms with Crippen LogP contribution >= 0.6 is 23.2 Å². The second-order valence-electron chi connectivity index (χ2n) is 7.16. The fraction of sp³-hybridized carbons (Fsp3) is 0.529. The highest BCUT2D eigenvalue weighted by Gasteiger charge is 2.32. The van der Waals surface area contributed by atoms with Crippen molar-refractivity contribution >= 4 is 46.4 Å². The Morgan fingerprint density at radius 2 is 1.67 bits per heavy atom. The molecule has 0 aliphatic carbocycles. The number of nitrogens with one attached hydrogen (secondary N) is 1. The molecule has 2 amide bonds. The first-order valence-electron chi connectivity index (χ1n) is 7.94. The highest BCUT2D eigenvalue weighted by molar-refractivity contribution is 6.39. The Bertz CT molecular complexity index is 625. The van der Waals surface area contributed by atoms with E-state index in [-0.39, 0.29) is 17.7 Å². The molecule has 1 aliphatic heterocycles. The van der Waals surface area contributed by atoms with Crippen LogP contribution in [0.1, 0.15) is 33.6 Å². The van der Waals surface area contributed by atoms with E-state index in [1.165, 1.54) is 0 Å². The summed E-state index contributed by atoms with van der Waals surface area (Å²) in [5.41, 5.74) is 6.11. The van der Waals surface area contributed by atoms with Crippen LogP contribution < -0.4 is 11.1 Å². The first-order valence-corrected chi connectivity index (χ1v) is 8.70. The van der Waals surface area contributed by atoms with Gasteiger partial charge in [-0.1, -0.05) is 44.0 Å². The van der Waals surface area contributed by atoms with E-state index in [0.717, 1.165) is 0 Å². The van der Waals surface area contributed by atoms with E-state index in [1.54, 1.807) is 12.1 Å². The molecular formula is C17H23Cl2N3O2.